The minimum absolute atomic E-state index is 0.0169. The largest absolute Gasteiger partial charge is 0.324 e. The van der Waals surface area contributed by atoms with Crippen molar-refractivity contribution in [2.45, 2.75) is 13.5 Å². The molecule has 2 aromatic rings. The van der Waals surface area contributed by atoms with E-state index in [1.165, 1.54) is 5.56 Å². The summed E-state index contributed by atoms with van der Waals surface area (Å²) in [5.41, 5.74) is 3.25. The standard InChI is InChI=1S/C17H20N2O/c1-14-9-11-15(12-10-14)13-18(2)17(20)19(3)16-7-5-4-6-8-16/h4-12H,13H2,1-3H3. The van der Waals surface area contributed by atoms with Crippen LogP contribution in [0.5, 0.6) is 0 Å². The van der Waals surface area contributed by atoms with Gasteiger partial charge in [-0.2, -0.15) is 0 Å². The number of para-hydroxylation sites is 1. The van der Waals surface area contributed by atoms with E-state index in [-0.39, 0.29) is 6.03 Å². The molecule has 0 atom stereocenters. The van der Waals surface area contributed by atoms with Crippen molar-refractivity contribution >= 4 is 11.7 Å². The molecule has 0 aromatic heterocycles. The normalized spacial score (nSPS) is 10.2. The van der Waals surface area contributed by atoms with Crippen LogP contribution >= 0.6 is 0 Å². The number of nitrogens with zero attached hydrogens (tertiary/aromatic N) is 2. The Balaban J connectivity index is 2.03. The van der Waals surface area contributed by atoms with Crippen LogP contribution in [0.3, 0.4) is 0 Å². The van der Waals surface area contributed by atoms with Gasteiger partial charge in [-0.1, -0.05) is 48.0 Å². The first-order chi connectivity index (χ1) is 9.58. The molecule has 0 fully saturated rings. The van der Waals surface area contributed by atoms with E-state index in [0.717, 1.165) is 11.3 Å². The predicted octanol–water partition coefficient (Wildman–Crippen LogP) is 3.68. The number of rotatable bonds is 3. The summed E-state index contributed by atoms with van der Waals surface area (Å²) in [6.45, 7) is 2.66. The Kier molecular flexibility index (Phi) is 4.41. The summed E-state index contributed by atoms with van der Waals surface area (Å²) in [6.07, 6.45) is 0. The monoisotopic (exact) mass is 268 g/mol. The average molecular weight is 268 g/mol. The summed E-state index contributed by atoms with van der Waals surface area (Å²) < 4.78 is 0. The summed E-state index contributed by atoms with van der Waals surface area (Å²) in [5, 5.41) is 0. The third-order valence-corrected chi connectivity index (χ3v) is 3.30. The number of hydrogen-bond donors (Lipinski definition) is 0. The molecule has 0 N–H and O–H groups in total. The summed E-state index contributed by atoms with van der Waals surface area (Å²) in [5.74, 6) is 0. The Bertz CT molecular complexity index is 563. The fraction of sp³-hybridized carbons (Fsp3) is 0.235. The molecular formula is C17H20N2O. The molecule has 2 aromatic carbocycles. The summed E-state index contributed by atoms with van der Waals surface area (Å²) in [4.78, 5) is 15.7. The van der Waals surface area contributed by atoms with Gasteiger partial charge in [-0.05, 0) is 24.6 Å². The molecule has 0 bridgehead atoms. The number of carbonyl (C=O) groups excluding carboxylic acids is 1. The third kappa shape index (κ3) is 3.38. The van der Waals surface area contributed by atoms with E-state index in [9.17, 15) is 4.79 Å². The van der Waals surface area contributed by atoms with Crippen LogP contribution < -0.4 is 4.90 Å². The van der Waals surface area contributed by atoms with Crippen molar-refractivity contribution in [3.05, 3.63) is 65.7 Å². The van der Waals surface area contributed by atoms with Crippen molar-refractivity contribution in [3.63, 3.8) is 0 Å². The van der Waals surface area contributed by atoms with Crippen LogP contribution in [-0.4, -0.2) is 25.0 Å². The van der Waals surface area contributed by atoms with E-state index in [4.69, 9.17) is 0 Å². The molecule has 0 spiro atoms. The van der Waals surface area contributed by atoms with Gasteiger partial charge < -0.3 is 4.90 Å². The van der Waals surface area contributed by atoms with Crippen LogP contribution in [0, 0.1) is 6.92 Å². The molecule has 0 unspecified atom stereocenters. The van der Waals surface area contributed by atoms with Crippen LogP contribution in [-0.2, 0) is 6.54 Å². The zero-order valence-corrected chi connectivity index (χ0v) is 12.2. The third-order valence-electron chi connectivity index (χ3n) is 3.30. The lowest BCUT2D eigenvalue weighted by Crippen LogP contribution is -2.38. The lowest BCUT2D eigenvalue weighted by molar-refractivity contribution is 0.215. The van der Waals surface area contributed by atoms with Gasteiger partial charge in [0.25, 0.3) is 0 Å². The number of anilines is 1. The van der Waals surface area contributed by atoms with Gasteiger partial charge in [-0.3, -0.25) is 4.90 Å². The second-order valence-corrected chi connectivity index (χ2v) is 5.02. The number of urea groups is 1. The predicted molar refractivity (Wildman–Crippen MR) is 82.9 cm³/mol. The summed E-state index contributed by atoms with van der Waals surface area (Å²) >= 11 is 0. The van der Waals surface area contributed by atoms with Crippen molar-refractivity contribution in [2.24, 2.45) is 0 Å². The molecule has 2 rings (SSSR count). The second-order valence-electron chi connectivity index (χ2n) is 5.02. The highest BCUT2D eigenvalue weighted by atomic mass is 16.2. The van der Waals surface area contributed by atoms with Crippen molar-refractivity contribution in [2.75, 3.05) is 19.0 Å². The Morgan fingerprint density at radius 3 is 2.15 bits per heavy atom. The topological polar surface area (TPSA) is 23.6 Å². The maximum absolute atomic E-state index is 12.4. The number of aryl methyl sites for hydroxylation is 1. The van der Waals surface area contributed by atoms with Gasteiger partial charge in [0.2, 0.25) is 0 Å². The number of benzene rings is 2. The van der Waals surface area contributed by atoms with Crippen LogP contribution in [0.4, 0.5) is 10.5 Å². The molecule has 20 heavy (non-hydrogen) atoms. The van der Waals surface area contributed by atoms with Crippen LogP contribution in [0.15, 0.2) is 54.6 Å². The first-order valence-corrected chi connectivity index (χ1v) is 6.67. The summed E-state index contributed by atoms with van der Waals surface area (Å²) in [7, 11) is 3.62. The molecule has 2 amide bonds. The molecule has 0 aliphatic carbocycles. The molecule has 0 saturated heterocycles. The lowest BCUT2D eigenvalue weighted by atomic mass is 10.1. The highest BCUT2D eigenvalue weighted by Gasteiger charge is 2.15. The van der Waals surface area contributed by atoms with Gasteiger partial charge in [-0.25, -0.2) is 4.79 Å². The minimum Gasteiger partial charge on any atom is -0.323 e. The van der Waals surface area contributed by atoms with Crippen LogP contribution in [0.25, 0.3) is 0 Å². The Hall–Kier alpha value is -2.29. The van der Waals surface area contributed by atoms with E-state index in [0.29, 0.717) is 6.54 Å². The van der Waals surface area contributed by atoms with Crippen molar-refractivity contribution in [1.29, 1.82) is 0 Å². The average Bonchev–Trinajstić information content (AvgIpc) is 2.49. The van der Waals surface area contributed by atoms with Crippen LogP contribution in [0.1, 0.15) is 11.1 Å². The number of amides is 2. The van der Waals surface area contributed by atoms with Gasteiger partial charge in [-0.15, -0.1) is 0 Å². The van der Waals surface area contributed by atoms with Gasteiger partial charge in [0, 0.05) is 26.3 Å². The number of carbonyl (C=O) groups is 1. The van der Waals surface area contributed by atoms with Gasteiger partial charge in [0.1, 0.15) is 0 Å². The van der Waals surface area contributed by atoms with E-state index in [2.05, 4.69) is 31.2 Å². The zero-order valence-electron chi connectivity index (χ0n) is 12.2. The highest BCUT2D eigenvalue weighted by molar-refractivity contribution is 5.91. The first kappa shape index (κ1) is 14.1. The quantitative estimate of drug-likeness (QED) is 0.833. The SMILES string of the molecule is Cc1ccc(CN(C)C(=O)N(C)c2ccccc2)cc1. The van der Waals surface area contributed by atoms with E-state index in [1.807, 2.05) is 37.4 Å². The first-order valence-electron chi connectivity index (χ1n) is 6.67. The van der Waals surface area contributed by atoms with Crippen LogP contribution in [0.2, 0.25) is 0 Å². The number of hydrogen-bond acceptors (Lipinski definition) is 1. The van der Waals surface area contributed by atoms with Gasteiger partial charge >= 0.3 is 6.03 Å². The molecule has 3 heteroatoms. The molecule has 0 radical (unpaired) electrons. The molecule has 104 valence electrons. The van der Waals surface area contributed by atoms with Crippen molar-refractivity contribution in [1.82, 2.24) is 4.90 Å². The van der Waals surface area contributed by atoms with E-state index in [1.54, 1.807) is 16.8 Å². The Morgan fingerprint density at radius 2 is 1.55 bits per heavy atom. The van der Waals surface area contributed by atoms with Crippen molar-refractivity contribution < 1.29 is 4.79 Å². The molecule has 3 nitrogen and oxygen atoms in total. The molecule has 0 aliphatic heterocycles. The maximum atomic E-state index is 12.4. The smallest absolute Gasteiger partial charge is 0.323 e. The van der Waals surface area contributed by atoms with E-state index < -0.39 is 0 Å². The fourth-order valence-electron chi connectivity index (χ4n) is 2.05. The van der Waals surface area contributed by atoms with E-state index >= 15 is 0 Å². The van der Waals surface area contributed by atoms with Gasteiger partial charge in [0.05, 0.1) is 0 Å². The highest BCUT2D eigenvalue weighted by Crippen LogP contribution is 2.14. The second kappa shape index (κ2) is 6.24. The Labute approximate surface area is 120 Å². The van der Waals surface area contributed by atoms with Gasteiger partial charge in [0.15, 0.2) is 0 Å². The zero-order chi connectivity index (χ0) is 14.5. The summed E-state index contributed by atoms with van der Waals surface area (Å²) in [6, 6.07) is 17.9. The van der Waals surface area contributed by atoms with Crippen molar-refractivity contribution in [3.8, 4) is 0 Å². The molecule has 0 aliphatic rings. The molecular weight excluding hydrogens is 248 g/mol. The Morgan fingerprint density at radius 1 is 0.950 bits per heavy atom. The maximum Gasteiger partial charge on any atom is 0.324 e. The lowest BCUT2D eigenvalue weighted by Gasteiger charge is -2.25. The minimum atomic E-state index is -0.0169. The molecule has 0 saturated carbocycles. The molecule has 0 heterocycles. The fourth-order valence-corrected chi connectivity index (χ4v) is 2.05.